The third-order valence-electron chi connectivity index (χ3n) is 5.35. The van der Waals surface area contributed by atoms with Crippen LogP contribution in [0.25, 0.3) is 21.6 Å². The molecule has 6 heteroatoms. The summed E-state index contributed by atoms with van der Waals surface area (Å²) >= 11 is 0. The molecule has 0 saturated carbocycles. The topological polar surface area (TPSA) is 42.5 Å². The number of halogens is 1. The summed E-state index contributed by atoms with van der Waals surface area (Å²) in [6.07, 6.45) is 3.42. The fraction of sp³-hybridized carbons (Fsp3) is 0.318. The molecule has 2 aromatic heterocycles. The van der Waals surface area contributed by atoms with E-state index in [1.165, 1.54) is 12.5 Å². The summed E-state index contributed by atoms with van der Waals surface area (Å²) in [6.45, 7) is 11.2. The van der Waals surface area contributed by atoms with Crippen LogP contribution in [0.15, 0.2) is 36.4 Å². The zero-order valence-corrected chi connectivity index (χ0v) is 15.8. The monoisotopic (exact) mass is 376 g/mol. The average Bonchev–Trinajstić information content (AvgIpc) is 3.00. The van der Waals surface area contributed by atoms with Crippen molar-refractivity contribution >= 4 is 22.5 Å². The standard InChI is InChI=1S/C22H21FN4O/c1-15-21(19(28)14-26-12-4-3-5-13-26)22-18(10-11-20(23)25-22)27(15)17-8-6-16(24-2)7-9-17/h6-11H,3-5,12-14H2,1H3. The number of carbonyl (C=O) groups is 1. The van der Waals surface area contributed by atoms with Gasteiger partial charge in [-0.25, -0.2) is 9.83 Å². The van der Waals surface area contributed by atoms with Crippen molar-refractivity contribution in [3.63, 3.8) is 0 Å². The molecular formula is C22H21FN4O. The minimum Gasteiger partial charge on any atom is -0.312 e. The first kappa shape index (κ1) is 18.3. The third kappa shape index (κ3) is 3.30. The number of Topliss-reactive ketones (excluding diaryl/α,β-unsaturated/α-hetero) is 1. The number of hydrogen-bond acceptors (Lipinski definition) is 3. The first-order chi connectivity index (χ1) is 13.6. The third-order valence-corrected chi connectivity index (χ3v) is 5.35. The highest BCUT2D eigenvalue weighted by atomic mass is 19.1. The molecule has 28 heavy (non-hydrogen) atoms. The van der Waals surface area contributed by atoms with Crippen LogP contribution in [-0.2, 0) is 0 Å². The van der Waals surface area contributed by atoms with Gasteiger partial charge in [-0.3, -0.25) is 9.69 Å². The van der Waals surface area contributed by atoms with Crippen LogP contribution in [0.2, 0.25) is 0 Å². The molecule has 3 aromatic rings. The Morgan fingerprint density at radius 2 is 1.86 bits per heavy atom. The molecular weight excluding hydrogens is 355 g/mol. The molecule has 3 heterocycles. The Bertz CT molecular complexity index is 1070. The number of aromatic nitrogens is 2. The second-order valence-corrected chi connectivity index (χ2v) is 7.19. The number of likely N-dealkylation sites (tertiary alicyclic amines) is 1. The lowest BCUT2D eigenvalue weighted by molar-refractivity contribution is 0.0916. The Balaban J connectivity index is 1.81. The van der Waals surface area contributed by atoms with E-state index in [-0.39, 0.29) is 5.78 Å². The van der Waals surface area contributed by atoms with E-state index in [2.05, 4.69) is 14.7 Å². The molecule has 4 rings (SSSR count). The SMILES string of the molecule is [C-]#[N+]c1ccc(-n2c(C)c(C(=O)CN3CCCCC3)c3nc(F)ccc32)cc1. The number of ketones is 1. The molecule has 5 nitrogen and oxygen atoms in total. The van der Waals surface area contributed by atoms with Crippen LogP contribution in [0, 0.1) is 19.4 Å². The minimum atomic E-state index is -0.597. The van der Waals surface area contributed by atoms with Crippen molar-refractivity contribution in [2.24, 2.45) is 0 Å². The molecule has 0 radical (unpaired) electrons. The van der Waals surface area contributed by atoms with Gasteiger partial charge in [-0.2, -0.15) is 4.39 Å². The van der Waals surface area contributed by atoms with Crippen molar-refractivity contribution in [2.75, 3.05) is 19.6 Å². The van der Waals surface area contributed by atoms with Gasteiger partial charge in [-0.1, -0.05) is 18.6 Å². The number of pyridine rings is 1. The van der Waals surface area contributed by atoms with E-state index in [0.717, 1.165) is 37.3 Å². The molecule has 0 amide bonds. The molecule has 1 aliphatic rings. The van der Waals surface area contributed by atoms with Gasteiger partial charge in [0.05, 0.1) is 24.2 Å². The van der Waals surface area contributed by atoms with Crippen molar-refractivity contribution < 1.29 is 9.18 Å². The summed E-state index contributed by atoms with van der Waals surface area (Å²) in [5, 5.41) is 0. The molecule has 0 N–H and O–H groups in total. The number of benzene rings is 1. The maximum Gasteiger partial charge on any atom is 0.213 e. The molecule has 0 atom stereocenters. The van der Waals surface area contributed by atoms with Gasteiger partial charge in [0.15, 0.2) is 11.5 Å². The average molecular weight is 376 g/mol. The van der Waals surface area contributed by atoms with Gasteiger partial charge in [-0.05, 0) is 57.1 Å². The second kappa shape index (κ2) is 7.53. The van der Waals surface area contributed by atoms with Crippen LogP contribution in [0.4, 0.5) is 10.1 Å². The zero-order valence-electron chi connectivity index (χ0n) is 15.8. The van der Waals surface area contributed by atoms with Gasteiger partial charge >= 0.3 is 0 Å². The van der Waals surface area contributed by atoms with Crippen molar-refractivity contribution in [1.82, 2.24) is 14.5 Å². The predicted molar refractivity (Wildman–Crippen MR) is 107 cm³/mol. The van der Waals surface area contributed by atoms with E-state index in [1.807, 2.05) is 23.6 Å². The van der Waals surface area contributed by atoms with E-state index in [4.69, 9.17) is 6.57 Å². The smallest absolute Gasteiger partial charge is 0.213 e. The van der Waals surface area contributed by atoms with Crippen LogP contribution >= 0.6 is 0 Å². The Morgan fingerprint density at radius 1 is 1.14 bits per heavy atom. The lowest BCUT2D eigenvalue weighted by Crippen LogP contribution is -2.34. The Morgan fingerprint density at radius 3 is 2.54 bits per heavy atom. The van der Waals surface area contributed by atoms with Gasteiger partial charge in [0.2, 0.25) is 5.95 Å². The van der Waals surface area contributed by atoms with Crippen molar-refractivity contribution in [3.05, 3.63) is 65.0 Å². The maximum absolute atomic E-state index is 13.9. The highest BCUT2D eigenvalue weighted by Crippen LogP contribution is 2.30. The van der Waals surface area contributed by atoms with E-state index < -0.39 is 5.95 Å². The summed E-state index contributed by atoms with van der Waals surface area (Å²) in [6, 6.07) is 10.1. The lowest BCUT2D eigenvalue weighted by atomic mass is 10.1. The summed E-state index contributed by atoms with van der Waals surface area (Å²) in [5.74, 6) is -0.626. The molecule has 0 bridgehead atoms. The molecule has 142 valence electrons. The molecule has 0 unspecified atom stereocenters. The Hall–Kier alpha value is -3.04. The Kier molecular flexibility index (Phi) is 4.93. The van der Waals surface area contributed by atoms with Gasteiger partial charge in [-0.15, -0.1) is 0 Å². The van der Waals surface area contributed by atoms with Crippen LogP contribution < -0.4 is 0 Å². The normalized spacial score (nSPS) is 14.9. The molecule has 1 aromatic carbocycles. The summed E-state index contributed by atoms with van der Waals surface area (Å²) in [5.41, 5.74) is 3.67. The largest absolute Gasteiger partial charge is 0.312 e. The van der Waals surface area contributed by atoms with Crippen molar-refractivity contribution in [3.8, 4) is 5.69 Å². The quantitative estimate of drug-likeness (QED) is 0.377. The van der Waals surface area contributed by atoms with E-state index in [1.54, 1.807) is 18.2 Å². The van der Waals surface area contributed by atoms with Gasteiger partial charge in [0.25, 0.3) is 0 Å². The fourth-order valence-corrected chi connectivity index (χ4v) is 4.00. The number of hydrogen-bond donors (Lipinski definition) is 0. The van der Waals surface area contributed by atoms with Gasteiger partial charge < -0.3 is 4.57 Å². The number of carbonyl (C=O) groups excluding carboxylic acids is 1. The molecule has 1 fully saturated rings. The second-order valence-electron chi connectivity index (χ2n) is 7.19. The molecule has 0 aliphatic carbocycles. The molecule has 1 saturated heterocycles. The maximum atomic E-state index is 13.9. The minimum absolute atomic E-state index is 0.0287. The predicted octanol–water partition coefficient (Wildman–Crippen LogP) is 4.69. The number of nitrogens with zero attached hydrogens (tertiary/aromatic N) is 4. The number of fused-ring (bicyclic) bond motifs is 1. The summed E-state index contributed by atoms with van der Waals surface area (Å²) in [7, 11) is 0. The van der Waals surface area contributed by atoms with Crippen LogP contribution in [-0.4, -0.2) is 39.9 Å². The van der Waals surface area contributed by atoms with Crippen molar-refractivity contribution in [2.45, 2.75) is 26.2 Å². The van der Waals surface area contributed by atoms with Crippen LogP contribution in [0.3, 0.4) is 0 Å². The molecule has 0 spiro atoms. The van der Waals surface area contributed by atoms with E-state index in [0.29, 0.717) is 28.8 Å². The van der Waals surface area contributed by atoms with Gasteiger partial charge in [0.1, 0.15) is 5.52 Å². The molecule has 1 aliphatic heterocycles. The highest BCUT2D eigenvalue weighted by Gasteiger charge is 2.24. The zero-order chi connectivity index (χ0) is 19.7. The van der Waals surface area contributed by atoms with Crippen LogP contribution in [0.1, 0.15) is 35.3 Å². The van der Waals surface area contributed by atoms with E-state index >= 15 is 0 Å². The van der Waals surface area contributed by atoms with Crippen molar-refractivity contribution in [1.29, 1.82) is 0 Å². The Labute approximate surface area is 163 Å². The first-order valence-electron chi connectivity index (χ1n) is 9.49. The summed E-state index contributed by atoms with van der Waals surface area (Å²) < 4.78 is 15.8. The van der Waals surface area contributed by atoms with Gasteiger partial charge in [0, 0.05) is 11.4 Å². The highest BCUT2D eigenvalue weighted by molar-refractivity contribution is 6.09. The number of rotatable bonds is 4. The van der Waals surface area contributed by atoms with E-state index in [9.17, 15) is 9.18 Å². The summed E-state index contributed by atoms with van der Waals surface area (Å²) in [4.78, 5) is 22.8. The van der Waals surface area contributed by atoms with Crippen LogP contribution in [0.5, 0.6) is 0 Å². The first-order valence-corrected chi connectivity index (χ1v) is 9.49. The lowest BCUT2D eigenvalue weighted by Gasteiger charge is -2.25. The number of piperidine rings is 1. The fourth-order valence-electron chi connectivity index (χ4n) is 4.00.